The van der Waals surface area contributed by atoms with Crippen molar-refractivity contribution < 1.29 is 37.7 Å². The molecule has 2 aromatic carbocycles. The second-order valence-corrected chi connectivity index (χ2v) is 5.16. The molecule has 0 aliphatic heterocycles. The summed E-state index contributed by atoms with van der Waals surface area (Å²) < 4.78 is 38.0. The lowest BCUT2D eigenvalue weighted by molar-refractivity contribution is 0.0690. The maximum Gasteiger partial charge on any atom is 0.338 e. The molecular formula is C17H10F2O6. The van der Waals surface area contributed by atoms with E-state index in [9.17, 15) is 23.2 Å². The number of hydrogen-bond acceptors (Lipinski definition) is 5. The Morgan fingerprint density at radius 3 is 2.12 bits per heavy atom. The van der Waals surface area contributed by atoms with Gasteiger partial charge in [-0.15, -0.1) is 0 Å². The van der Waals surface area contributed by atoms with E-state index in [2.05, 4.69) is 0 Å². The summed E-state index contributed by atoms with van der Waals surface area (Å²) in [5.41, 5.74) is -2.14. The van der Waals surface area contributed by atoms with Crippen LogP contribution in [0.25, 0.3) is 0 Å². The smallest absolute Gasteiger partial charge is 0.338 e. The van der Waals surface area contributed by atoms with Crippen LogP contribution in [0.1, 0.15) is 42.2 Å². The third kappa shape index (κ3) is 2.18. The fourth-order valence-electron chi connectivity index (χ4n) is 2.83. The highest BCUT2D eigenvalue weighted by molar-refractivity contribution is 6.30. The molecule has 0 spiro atoms. The van der Waals surface area contributed by atoms with Crippen LogP contribution in [-0.2, 0) is 0 Å². The molecule has 0 bridgehead atoms. The molecule has 0 heterocycles. The van der Waals surface area contributed by atoms with Gasteiger partial charge in [-0.05, 0) is 18.2 Å². The fraction of sp³-hybridized carbons (Fsp3) is 0.118. The Bertz CT molecular complexity index is 964. The van der Waals surface area contributed by atoms with Crippen molar-refractivity contribution in [3.63, 3.8) is 0 Å². The number of methoxy groups -OCH3 is 2. The first-order chi connectivity index (χ1) is 11.8. The molecule has 0 amide bonds. The molecule has 1 aliphatic rings. The summed E-state index contributed by atoms with van der Waals surface area (Å²) in [5.74, 6) is -6.59. The summed E-state index contributed by atoms with van der Waals surface area (Å²) in [6.07, 6.45) is 0. The lowest BCUT2D eigenvalue weighted by Gasteiger charge is -2.22. The summed E-state index contributed by atoms with van der Waals surface area (Å²) in [7, 11) is 2.15. The number of carboxylic acid groups (broad SMARTS) is 1. The number of ketones is 2. The van der Waals surface area contributed by atoms with Crippen LogP contribution in [0.4, 0.5) is 8.78 Å². The van der Waals surface area contributed by atoms with E-state index in [1.54, 1.807) is 0 Å². The molecule has 25 heavy (non-hydrogen) atoms. The standard InChI is InChI=1S/C17H10F2O6/c1-24-15-9(18)4-3-6-10(15)14(21)11-7(13(6)20)5-8(17(22)23)12(19)16(11)25-2/h3-5H,1-2H3,(H,22,23). The Morgan fingerprint density at radius 1 is 0.960 bits per heavy atom. The predicted molar refractivity (Wildman–Crippen MR) is 79.7 cm³/mol. The predicted octanol–water partition coefficient (Wildman–Crippen LogP) is 2.46. The van der Waals surface area contributed by atoms with Gasteiger partial charge in [0.05, 0.1) is 30.9 Å². The first-order valence-electron chi connectivity index (χ1n) is 6.93. The number of ether oxygens (including phenoxy) is 2. The van der Waals surface area contributed by atoms with Crippen molar-refractivity contribution >= 4 is 17.5 Å². The van der Waals surface area contributed by atoms with Gasteiger partial charge in [-0.3, -0.25) is 9.59 Å². The van der Waals surface area contributed by atoms with Gasteiger partial charge in [0.1, 0.15) is 0 Å². The first-order valence-corrected chi connectivity index (χ1v) is 6.93. The molecule has 0 atom stereocenters. The largest absolute Gasteiger partial charge is 0.493 e. The van der Waals surface area contributed by atoms with Gasteiger partial charge >= 0.3 is 5.97 Å². The maximum absolute atomic E-state index is 14.4. The number of fused-ring (bicyclic) bond motifs is 2. The summed E-state index contributed by atoms with van der Waals surface area (Å²) in [5, 5.41) is 9.09. The minimum atomic E-state index is -1.62. The number of carbonyl (C=O) groups excluding carboxylic acids is 2. The number of rotatable bonds is 3. The van der Waals surface area contributed by atoms with Crippen molar-refractivity contribution in [2.75, 3.05) is 14.2 Å². The molecule has 1 N–H and O–H groups in total. The average molecular weight is 348 g/mol. The summed E-state index contributed by atoms with van der Waals surface area (Å²) >= 11 is 0. The lowest BCUT2D eigenvalue weighted by atomic mass is 9.82. The van der Waals surface area contributed by atoms with Crippen LogP contribution in [0.2, 0.25) is 0 Å². The molecule has 2 aromatic rings. The minimum absolute atomic E-state index is 0.166. The molecule has 0 saturated carbocycles. The van der Waals surface area contributed by atoms with Crippen molar-refractivity contribution in [1.29, 1.82) is 0 Å². The van der Waals surface area contributed by atoms with Gasteiger partial charge in [-0.25, -0.2) is 13.6 Å². The molecule has 0 fully saturated rings. The van der Waals surface area contributed by atoms with Gasteiger partial charge in [0.15, 0.2) is 28.9 Å². The van der Waals surface area contributed by atoms with Gasteiger partial charge in [-0.2, -0.15) is 0 Å². The molecule has 0 saturated heterocycles. The van der Waals surface area contributed by atoms with Crippen molar-refractivity contribution in [2.45, 2.75) is 0 Å². The number of carbonyl (C=O) groups is 3. The molecule has 8 heteroatoms. The van der Waals surface area contributed by atoms with Gasteiger partial charge in [0.25, 0.3) is 0 Å². The first kappa shape index (κ1) is 16.6. The SMILES string of the molecule is COc1c(F)ccc2c1C(=O)c1c(cc(C(=O)O)c(F)c1OC)C2=O. The van der Waals surface area contributed by atoms with E-state index in [1.165, 1.54) is 0 Å². The van der Waals surface area contributed by atoms with Crippen molar-refractivity contribution in [2.24, 2.45) is 0 Å². The van der Waals surface area contributed by atoms with Crippen LogP contribution in [0.3, 0.4) is 0 Å². The topological polar surface area (TPSA) is 89.9 Å². The fourth-order valence-corrected chi connectivity index (χ4v) is 2.83. The number of halogens is 2. The molecule has 0 radical (unpaired) electrons. The maximum atomic E-state index is 14.4. The van der Waals surface area contributed by atoms with E-state index >= 15 is 0 Å². The third-order valence-corrected chi connectivity index (χ3v) is 3.91. The van der Waals surface area contributed by atoms with E-state index in [0.29, 0.717) is 0 Å². The van der Waals surface area contributed by atoms with E-state index in [-0.39, 0.29) is 16.7 Å². The normalized spacial score (nSPS) is 12.5. The highest BCUT2D eigenvalue weighted by Crippen LogP contribution is 2.40. The van der Waals surface area contributed by atoms with E-state index in [4.69, 9.17) is 14.6 Å². The zero-order valence-corrected chi connectivity index (χ0v) is 13.0. The van der Waals surface area contributed by atoms with Crippen LogP contribution >= 0.6 is 0 Å². The molecule has 1 aliphatic carbocycles. The van der Waals surface area contributed by atoms with E-state index in [1.807, 2.05) is 0 Å². The van der Waals surface area contributed by atoms with Crippen LogP contribution in [0, 0.1) is 11.6 Å². The molecule has 0 aromatic heterocycles. The highest BCUT2D eigenvalue weighted by Gasteiger charge is 2.38. The highest BCUT2D eigenvalue weighted by atomic mass is 19.1. The number of carboxylic acids is 1. The third-order valence-electron chi connectivity index (χ3n) is 3.91. The number of hydrogen-bond donors (Lipinski definition) is 1. The zero-order valence-electron chi connectivity index (χ0n) is 13.0. The van der Waals surface area contributed by atoms with Crippen LogP contribution in [0.15, 0.2) is 18.2 Å². The minimum Gasteiger partial charge on any atom is -0.493 e. The Hall–Kier alpha value is -3.29. The molecule has 6 nitrogen and oxygen atoms in total. The van der Waals surface area contributed by atoms with Crippen molar-refractivity contribution in [3.8, 4) is 11.5 Å². The summed E-state index contributed by atoms with van der Waals surface area (Å²) in [4.78, 5) is 36.7. The quantitative estimate of drug-likeness (QED) is 0.782. The monoisotopic (exact) mass is 348 g/mol. The van der Waals surface area contributed by atoms with Gasteiger partial charge in [-0.1, -0.05) is 0 Å². The molecule has 0 unspecified atom stereocenters. The summed E-state index contributed by atoms with van der Waals surface area (Å²) in [6, 6.07) is 2.81. The number of benzene rings is 2. The van der Waals surface area contributed by atoms with Gasteiger partial charge < -0.3 is 14.6 Å². The molecule has 128 valence electrons. The second kappa shape index (κ2) is 5.66. The Morgan fingerprint density at radius 2 is 1.56 bits per heavy atom. The van der Waals surface area contributed by atoms with Crippen LogP contribution in [0.5, 0.6) is 11.5 Å². The van der Waals surface area contributed by atoms with Crippen LogP contribution in [-0.4, -0.2) is 36.9 Å². The van der Waals surface area contributed by atoms with Crippen LogP contribution < -0.4 is 9.47 Å². The summed E-state index contributed by atoms with van der Waals surface area (Å²) in [6.45, 7) is 0. The van der Waals surface area contributed by atoms with E-state index < -0.39 is 51.8 Å². The van der Waals surface area contributed by atoms with Gasteiger partial charge in [0, 0.05) is 11.1 Å². The molecule has 3 rings (SSSR count). The van der Waals surface area contributed by atoms with Crippen molar-refractivity contribution in [1.82, 2.24) is 0 Å². The number of aromatic carboxylic acids is 1. The van der Waals surface area contributed by atoms with E-state index in [0.717, 1.165) is 32.4 Å². The zero-order chi connectivity index (χ0) is 18.5. The lowest BCUT2D eigenvalue weighted by Crippen LogP contribution is -2.24. The average Bonchev–Trinajstić information content (AvgIpc) is 2.58. The Kier molecular flexibility index (Phi) is 3.75. The Balaban J connectivity index is 2.42. The van der Waals surface area contributed by atoms with Crippen molar-refractivity contribution in [3.05, 3.63) is 57.7 Å². The second-order valence-electron chi connectivity index (χ2n) is 5.16. The molecular weight excluding hydrogens is 338 g/mol. The van der Waals surface area contributed by atoms with Gasteiger partial charge in [0.2, 0.25) is 5.78 Å². The Labute approximate surface area is 139 Å².